The number of nitrogens with two attached hydrogens (primary N) is 1. The molecule has 0 aliphatic carbocycles. The lowest BCUT2D eigenvalue weighted by Gasteiger charge is -2.11. The van der Waals surface area contributed by atoms with Gasteiger partial charge in [-0.15, -0.1) is 0 Å². The van der Waals surface area contributed by atoms with Crippen LogP contribution in [0.15, 0.2) is 23.1 Å². The Balaban J connectivity index is 2.96. The maximum Gasteiger partial charge on any atom is 0.292 e. The highest BCUT2D eigenvalue weighted by Crippen LogP contribution is 2.24. The van der Waals surface area contributed by atoms with Crippen molar-refractivity contribution in [3.05, 3.63) is 28.3 Å². The van der Waals surface area contributed by atoms with Crippen molar-refractivity contribution in [2.24, 2.45) is 0 Å². The minimum atomic E-state index is -3.76. The van der Waals surface area contributed by atoms with Crippen LogP contribution in [0.25, 0.3) is 0 Å². The fourth-order valence-electron chi connectivity index (χ4n) is 1.26. The maximum atomic E-state index is 11.9. The van der Waals surface area contributed by atoms with Gasteiger partial charge in [-0.05, 0) is 19.1 Å². The van der Waals surface area contributed by atoms with E-state index in [2.05, 4.69) is 4.72 Å². The number of rotatable bonds is 6. The molecule has 9 heteroatoms. The molecule has 0 saturated carbocycles. The number of methoxy groups -OCH3 is 1. The second-order valence-electron chi connectivity index (χ2n) is 3.88. The Bertz CT molecular complexity index is 573. The summed E-state index contributed by atoms with van der Waals surface area (Å²) < 4.78 is 31.0. The van der Waals surface area contributed by atoms with Gasteiger partial charge in [0.1, 0.15) is 5.69 Å². The Morgan fingerprint density at radius 1 is 1.53 bits per heavy atom. The Hall–Kier alpha value is -1.71. The van der Waals surface area contributed by atoms with Crippen LogP contribution in [-0.4, -0.2) is 33.1 Å². The van der Waals surface area contributed by atoms with Crippen LogP contribution in [0.2, 0.25) is 0 Å². The number of hydrogen-bond donors (Lipinski definition) is 2. The molecule has 1 atom stereocenters. The summed E-state index contributed by atoms with van der Waals surface area (Å²) in [4.78, 5) is 9.78. The maximum absolute atomic E-state index is 11.9. The lowest BCUT2D eigenvalue weighted by molar-refractivity contribution is -0.383. The van der Waals surface area contributed by atoms with Crippen molar-refractivity contribution in [3.63, 3.8) is 0 Å². The van der Waals surface area contributed by atoms with Gasteiger partial charge in [-0.2, -0.15) is 0 Å². The van der Waals surface area contributed by atoms with Crippen molar-refractivity contribution < 1.29 is 18.1 Å². The van der Waals surface area contributed by atoms with E-state index in [1.807, 2.05) is 0 Å². The molecule has 1 aromatic rings. The molecule has 19 heavy (non-hydrogen) atoms. The van der Waals surface area contributed by atoms with Crippen LogP contribution in [0, 0.1) is 10.1 Å². The fraction of sp³-hybridized carbons (Fsp3) is 0.400. The summed E-state index contributed by atoms with van der Waals surface area (Å²) >= 11 is 0. The molecular weight excluding hydrogens is 274 g/mol. The van der Waals surface area contributed by atoms with Crippen molar-refractivity contribution in [2.45, 2.75) is 17.9 Å². The third-order valence-electron chi connectivity index (χ3n) is 2.47. The number of benzene rings is 1. The van der Waals surface area contributed by atoms with E-state index < -0.39 is 14.9 Å². The van der Waals surface area contributed by atoms with Gasteiger partial charge >= 0.3 is 0 Å². The second-order valence-corrected chi connectivity index (χ2v) is 5.64. The Morgan fingerprint density at radius 2 is 2.16 bits per heavy atom. The topological polar surface area (TPSA) is 125 Å². The zero-order valence-electron chi connectivity index (χ0n) is 10.5. The quantitative estimate of drug-likeness (QED) is 0.446. The highest BCUT2D eigenvalue weighted by Gasteiger charge is 2.19. The first kappa shape index (κ1) is 15.3. The third-order valence-corrected chi connectivity index (χ3v) is 3.89. The molecule has 3 N–H and O–H groups in total. The number of nitrogen functional groups attached to an aromatic ring is 1. The summed E-state index contributed by atoms with van der Waals surface area (Å²) in [6, 6.07) is 3.25. The van der Waals surface area contributed by atoms with Crippen LogP contribution in [-0.2, 0) is 14.8 Å². The molecule has 0 aliphatic rings. The SMILES string of the molecule is COC(C)CNS(=O)(=O)c1ccc([N+](=O)[O-])c(N)c1. The molecule has 0 heterocycles. The minimum absolute atomic E-state index is 0.0930. The zero-order chi connectivity index (χ0) is 14.6. The predicted molar refractivity (Wildman–Crippen MR) is 69.2 cm³/mol. The van der Waals surface area contributed by atoms with Gasteiger partial charge in [0.15, 0.2) is 0 Å². The van der Waals surface area contributed by atoms with E-state index in [0.717, 1.165) is 18.2 Å². The average Bonchev–Trinajstić information content (AvgIpc) is 2.35. The molecule has 106 valence electrons. The second kappa shape index (κ2) is 5.95. The first-order chi connectivity index (χ1) is 8.77. The van der Waals surface area contributed by atoms with E-state index >= 15 is 0 Å². The van der Waals surface area contributed by atoms with Crippen LogP contribution in [0.3, 0.4) is 0 Å². The number of hydrogen-bond acceptors (Lipinski definition) is 6. The van der Waals surface area contributed by atoms with Crippen LogP contribution >= 0.6 is 0 Å². The summed E-state index contributed by atoms with van der Waals surface area (Å²) in [7, 11) is -2.30. The highest BCUT2D eigenvalue weighted by molar-refractivity contribution is 7.89. The van der Waals surface area contributed by atoms with E-state index in [0.29, 0.717) is 0 Å². The normalized spacial score (nSPS) is 13.2. The van der Waals surface area contributed by atoms with Crippen LogP contribution in [0.5, 0.6) is 0 Å². The highest BCUT2D eigenvalue weighted by atomic mass is 32.2. The van der Waals surface area contributed by atoms with Crippen LogP contribution in [0.1, 0.15) is 6.92 Å². The molecule has 0 aliphatic heterocycles. The van der Waals surface area contributed by atoms with E-state index in [-0.39, 0.29) is 28.9 Å². The Labute approximate surface area is 110 Å². The molecule has 0 radical (unpaired) electrons. The lowest BCUT2D eigenvalue weighted by atomic mass is 10.3. The van der Waals surface area contributed by atoms with Gasteiger partial charge in [0.2, 0.25) is 10.0 Å². The van der Waals surface area contributed by atoms with Crippen molar-refractivity contribution >= 4 is 21.4 Å². The van der Waals surface area contributed by atoms with Gasteiger partial charge in [0, 0.05) is 19.7 Å². The molecule has 0 bridgehead atoms. The molecular formula is C10H15N3O5S. The van der Waals surface area contributed by atoms with E-state index in [1.165, 1.54) is 7.11 Å². The largest absolute Gasteiger partial charge is 0.393 e. The Kier molecular flexibility index (Phi) is 4.81. The summed E-state index contributed by atoms with van der Waals surface area (Å²) in [6.45, 7) is 1.79. The Morgan fingerprint density at radius 3 is 2.63 bits per heavy atom. The van der Waals surface area contributed by atoms with Crippen molar-refractivity contribution in [3.8, 4) is 0 Å². The number of anilines is 1. The van der Waals surface area contributed by atoms with Gasteiger partial charge in [-0.25, -0.2) is 13.1 Å². The number of nitro groups is 1. The monoisotopic (exact) mass is 289 g/mol. The van der Waals surface area contributed by atoms with Gasteiger partial charge < -0.3 is 10.5 Å². The molecule has 8 nitrogen and oxygen atoms in total. The molecule has 0 fully saturated rings. The zero-order valence-corrected chi connectivity index (χ0v) is 11.3. The number of nitrogens with zero attached hydrogens (tertiary/aromatic N) is 1. The van der Waals surface area contributed by atoms with Gasteiger partial charge in [-0.3, -0.25) is 10.1 Å². The lowest BCUT2D eigenvalue weighted by Crippen LogP contribution is -2.31. The molecule has 0 aromatic heterocycles. The average molecular weight is 289 g/mol. The predicted octanol–water partition coefficient (Wildman–Crippen LogP) is 0.490. The van der Waals surface area contributed by atoms with Crippen LogP contribution in [0.4, 0.5) is 11.4 Å². The molecule has 0 saturated heterocycles. The van der Waals surface area contributed by atoms with E-state index in [4.69, 9.17) is 10.5 Å². The number of sulfonamides is 1. The molecule has 1 aromatic carbocycles. The molecule has 0 amide bonds. The van der Waals surface area contributed by atoms with Gasteiger partial charge in [0.05, 0.1) is 15.9 Å². The van der Waals surface area contributed by atoms with Crippen LogP contribution < -0.4 is 10.5 Å². The van der Waals surface area contributed by atoms with Crippen molar-refractivity contribution in [2.75, 3.05) is 19.4 Å². The summed E-state index contributed by atoms with van der Waals surface area (Å²) in [5.41, 5.74) is 4.91. The molecule has 1 unspecified atom stereocenters. The van der Waals surface area contributed by atoms with E-state index in [1.54, 1.807) is 6.92 Å². The van der Waals surface area contributed by atoms with Crippen molar-refractivity contribution in [1.82, 2.24) is 4.72 Å². The fourth-order valence-corrected chi connectivity index (χ4v) is 2.41. The minimum Gasteiger partial charge on any atom is -0.393 e. The molecule has 1 rings (SSSR count). The first-order valence-corrected chi connectivity index (χ1v) is 6.82. The standard InChI is InChI=1S/C10H15N3O5S/c1-7(18-2)6-12-19(16,17)8-3-4-10(13(14)15)9(11)5-8/h3-5,7,12H,6,11H2,1-2H3. The summed E-state index contributed by atoms with van der Waals surface area (Å²) in [6.07, 6.45) is -0.287. The van der Waals surface area contributed by atoms with Crippen molar-refractivity contribution in [1.29, 1.82) is 0 Å². The number of ether oxygens (including phenoxy) is 1. The smallest absolute Gasteiger partial charge is 0.292 e. The number of nitro benzene ring substituents is 1. The summed E-state index contributed by atoms with van der Waals surface area (Å²) in [5.74, 6) is 0. The third kappa shape index (κ3) is 3.88. The first-order valence-electron chi connectivity index (χ1n) is 5.34. The van der Waals surface area contributed by atoms with E-state index in [9.17, 15) is 18.5 Å². The molecule has 0 spiro atoms. The number of nitrogens with one attached hydrogen (secondary N) is 1. The van der Waals surface area contributed by atoms with Gasteiger partial charge in [0.25, 0.3) is 5.69 Å². The summed E-state index contributed by atoms with van der Waals surface area (Å²) in [5, 5.41) is 10.6. The van der Waals surface area contributed by atoms with Gasteiger partial charge in [-0.1, -0.05) is 0 Å².